The molecule has 1 amide bonds. The summed E-state index contributed by atoms with van der Waals surface area (Å²) in [5.74, 6) is -0.493. The summed E-state index contributed by atoms with van der Waals surface area (Å²) in [7, 11) is 1.30. The molecule has 0 saturated heterocycles. The van der Waals surface area contributed by atoms with Gasteiger partial charge in [-0.05, 0) is 38.3 Å². The quantitative estimate of drug-likeness (QED) is 0.850. The van der Waals surface area contributed by atoms with Gasteiger partial charge >= 0.3 is 12.1 Å². The second kappa shape index (κ2) is 7.82. The Kier molecular flexibility index (Phi) is 6.40. The smallest absolute Gasteiger partial charge is 0.408 e. The molecule has 1 N–H and O–H groups in total. The molecule has 22 heavy (non-hydrogen) atoms. The molecule has 1 aromatic rings. The summed E-state index contributed by atoms with van der Waals surface area (Å²) >= 11 is 0. The number of benzene rings is 1. The van der Waals surface area contributed by atoms with Crippen LogP contribution in [0.2, 0.25) is 0 Å². The van der Waals surface area contributed by atoms with Crippen LogP contribution >= 0.6 is 0 Å². The molecule has 0 aromatic heterocycles. The normalized spacial score (nSPS) is 12.4. The number of hydrogen-bond acceptors (Lipinski definition) is 4. The predicted molar refractivity (Wildman–Crippen MR) is 84.7 cm³/mol. The second-order valence-electron chi connectivity index (χ2n) is 6.10. The molecule has 5 nitrogen and oxygen atoms in total. The minimum atomic E-state index is -0.771. The van der Waals surface area contributed by atoms with Gasteiger partial charge in [-0.1, -0.05) is 31.2 Å². The number of ether oxygens (including phenoxy) is 2. The molecule has 0 radical (unpaired) electrons. The van der Waals surface area contributed by atoms with Crippen molar-refractivity contribution in [3.8, 4) is 0 Å². The number of carbonyl (C=O) groups excluding carboxylic acids is 2. The maximum absolute atomic E-state index is 11.9. The van der Waals surface area contributed by atoms with Crippen LogP contribution in [0.3, 0.4) is 0 Å². The number of rotatable bonds is 5. The van der Waals surface area contributed by atoms with E-state index >= 15 is 0 Å². The summed E-state index contributed by atoms with van der Waals surface area (Å²) in [5, 5.41) is 2.57. The molecule has 0 aliphatic carbocycles. The van der Waals surface area contributed by atoms with Crippen molar-refractivity contribution in [2.45, 2.75) is 52.2 Å². The van der Waals surface area contributed by atoms with Crippen LogP contribution in [0.5, 0.6) is 0 Å². The summed E-state index contributed by atoms with van der Waals surface area (Å²) < 4.78 is 9.95. The lowest BCUT2D eigenvalue weighted by Crippen LogP contribution is -2.45. The van der Waals surface area contributed by atoms with Gasteiger partial charge in [-0.25, -0.2) is 9.59 Å². The van der Waals surface area contributed by atoms with Crippen LogP contribution in [0.25, 0.3) is 0 Å². The van der Waals surface area contributed by atoms with E-state index in [0.29, 0.717) is 6.42 Å². The molecule has 0 fully saturated rings. The van der Waals surface area contributed by atoms with E-state index in [0.717, 1.165) is 12.0 Å². The Hall–Kier alpha value is -2.04. The van der Waals surface area contributed by atoms with Crippen LogP contribution in [-0.2, 0) is 27.1 Å². The Morgan fingerprint density at radius 3 is 2.41 bits per heavy atom. The number of nitrogens with one attached hydrogen (secondary N) is 1. The van der Waals surface area contributed by atoms with Gasteiger partial charge in [0.25, 0.3) is 0 Å². The molecule has 1 rings (SSSR count). The first-order valence-electron chi connectivity index (χ1n) is 7.40. The highest BCUT2D eigenvalue weighted by Crippen LogP contribution is 2.11. The highest BCUT2D eigenvalue weighted by molar-refractivity contribution is 5.81. The zero-order chi connectivity index (χ0) is 16.8. The van der Waals surface area contributed by atoms with Crippen molar-refractivity contribution >= 4 is 12.1 Å². The summed E-state index contributed by atoms with van der Waals surface area (Å²) in [6, 6.07) is 7.14. The fourth-order valence-electron chi connectivity index (χ4n) is 2.00. The van der Waals surface area contributed by atoms with Gasteiger partial charge in [0, 0.05) is 6.42 Å². The van der Waals surface area contributed by atoms with Gasteiger partial charge in [0.1, 0.15) is 11.6 Å². The lowest BCUT2D eigenvalue weighted by atomic mass is 10.0. The van der Waals surface area contributed by atoms with Gasteiger partial charge in [0.15, 0.2) is 0 Å². The van der Waals surface area contributed by atoms with E-state index in [1.54, 1.807) is 20.8 Å². The molecule has 0 spiro atoms. The molecule has 0 bridgehead atoms. The second-order valence-corrected chi connectivity index (χ2v) is 6.10. The van der Waals surface area contributed by atoms with E-state index in [2.05, 4.69) is 12.2 Å². The molecule has 0 unspecified atom stereocenters. The highest BCUT2D eigenvalue weighted by Gasteiger charge is 2.25. The number of methoxy groups -OCH3 is 1. The predicted octanol–water partition coefficient (Wildman–Crippen LogP) is 2.86. The van der Waals surface area contributed by atoms with Crippen molar-refractivity contribution in [3.05, 3.63) is 35.4 Å². The molecule has 0 saturated carbocycles. The molecule has 0 aliphatic rings. The molecule has 0 aliphatic heterocycles. The first kappa shape index (κ1) is 18.0. The van der Waals surface area contributed by atoms with Crippen LogP contribution in [0.4, 0.5) is 4.79 Å². The van der Waals surface area contributed by atoms with E-state index in [4.69, 9.17) is 9.47 Å². The Morgan fingerprint density at radius 2 is 1.86 bits per heavy atom. The maximum atomic E-state index is 11.9. The van der Waals surface area contributed by atoms with Crippen LogP contribution in [-0.4, -0.2) is 30.8 Å². The average molecular weight is 307 g/mol. The van der Waals surface area contributed by atoms with Gasteiger partial charge in [0.2, 0.25) is 0 Å². The van der Waals surface area contributed by atoms with Crippen LogP contribution in [0, 0.1) is 0 Å². The summed E-state index contributed by atoms with van der Waals surface area (Å²) in [4.78, 5) is 23.7. The Bertz CT molecular complexity index is 520. The van der Waals surface area contributed by atoms with E-state index in [-0.39, 0.29) is 0 Å². The van der Waals surface area contributed by atoms with E-state index in [9.17, 15) is 9.59 Å². The van der Waals surface area contributed by atoms with Crippen molar-refractivity contribution in [2.24, 2.45) is 0 Å². The standard InChI is InChI=1S/C17H25NO4/c1-6-12-8-7-9-13(10-12)11-14(15(19)21-5)18-16(20)22-17(2,3)4/h7-10,14H,6,11H2,1-5H3,(H,18,20)/t14-/m0/s1. The molecule has 0 heterocycles. The SMILES string of the molecule is CCc1cccc(C[C@H](NC(=O)OC(C)(C)C)C(=O)OC)c1. The van der Waals surface area contributed by atoms with Crippen molar-refractivity contribution in [3.63, 3.8) is 0 Å². The zero-order valence-electron chi connectivity index (χ0n) is 13.9. The minimum Gasteiger partial charge on any atom is -0.467 e. The Morgan fingerprint density at radius 1 is 1.23 bits per heavy atom. The van der Waals surface area contributed by atoms with E-state index in [1.165, 1.54) is 12.7 Å². The molecular formula is C17H25NO4. The van der Waals surface area contributed by atoms with Crippen molar-refractivity contribution < 1.29 is 19.1 Å². The third-order valence-corrected chi connectivity index (χ3v) is 3.02. The number of carbonyl (C=O) groups is 2. The lowest BCUT2D eigenvalue weighted by molar-refractivity contribution is -0.143. The minimum absolute atomic E-state index is 0.361. The van der Waals surface area contributed by atoms with Crippen molar-refractivity contribution in [1.82, 2.24) is 5.32 Å². The molecule has 5 heteroatoms. The van der Waals surface area contributed by atoms with Crippen molar-refractivity contribution in [1.29, 1.82) is 0 Å². The third kappa shape index (κ3) is 6.16. The average Bonchev–Trinajstić information content (AvgIpc) is 2.44. The lowest BCUT2D eigenvalue weighted by Gasteiger charge is -2.22. The fourth-order valence-corrected chi connectivity index (χ4v) is 2.00. The van der Waals surface area contributed by atoms with E-state index in [1.807, 2.05) is 24.3 Å². The van der Waals surface area contributed by atoms with Crippen molar-refractivity contribution in [2.75, 3.05) is 7.11 Å². The van der Waals surface area contributed by atoms with Crippen LogP contribution < -0.4 is 5.32 Å². The van der Waals surface area contributed by atoms with Gasteiger partial charge in [-0.15, -0.1) is 0 Å². The third-order valence-electron chi connectivity index (χ3n) is 3.02. The number of hydrogen-bond donors (Lipinski definition) is 1. The Balaban J connectivity index is 2.80. The maximum Gasteiger partial charge on any atom is 0.408 e. The van der Waals surface area contributed by atoms with Crippen LogP contribution in [0.1, 0.15) is 38.8 Å². The van der Waals surface area contributed by atoms with Gasteiger partial charge < -0.3 is 14.8 Å². The highest BCUT2D eigenvalue weighted by atomic mass is 16.6. The van der Waals surface area contributed by atoms with Gasteiger partial charge in [-0.3, -0.25) is 0 Å². The van der Waals surface area contributed by atoms with Gasteiger partial charge in [-0.2, -0.15) is 0 Å². The van der Waals surface area contributed by atoms with Crippen LogP contribution in [0.15, 0.2) is 24.3 Å². The summed E-state index contributed by atoms with van der Waals surface area (Å²) in [6.07, 6.45) is 0.644. The number of aryl methyl sites for hydroxylation is 1. The Labute approximate surface area is 132 Å². The fraction of sp³-hybridized carbons (Fsp3) is 0.529. The zero-order valence-corrected chi connectivity index (χ0v) is 13.9. The first-order chi connectivity index (χ1) is 10.2. The molecular weight excluding hydrogens is 282 g/mol. The first-order valence-corrected chi connectivity index (χ1v) is 7.40. The van der Waals surface area contributed by atoms with E-state index < -0.39 is 23.7 Å². The molecule has 122 valence electrons. The summed E-state index contributed by atoms with van der Waals surface area (Å²) in [5.41, 5.74) is 1.52. The monoisotopic (exact) mass is 307 g/mol. The topological polar surface area (TPSA) is 64.6 Å². The molecule has 1 aromatic carbocycles. The largest absolute Gasteiger partial charge is 0.467 e. The summed E-state index contributed by atoms with van der Waals surface area (Å²) in [6.45, 7) is 7.37. The molecule has 1 atom stereocenters. The number of alkyl carbamates (subject to hydrolysis) is 1. The number of amides is 1. The number of esters is 1. The van der Waals surface area contributed by atoms with Gasteiger partial charge in [0.05, 0.1) is 7.11 Å².